The quantitative estimate of drug-likeness (QED) is 0.0243. The van der Waals surface area contributed by atoms with Crippen molar-refractivity contribution in [2.24, 2.45) is 18.9 Å². The van der Waals surface area contributed by atoms with Gasteiger partial charge in [-0.05, 0) is 6.42 Å². The number of ether oxygens (including phenoxy) is 5. The lowest BCUT2D eigenvalue weighted by atomic mass is 9.93. The average molecular weight is 1150 g/mol. The summed E-state index contributed by atoms with van der Waals surface area (Å²) in [5.41, 5.74) is 16.3. The first kappa shape index (κ1) is 55.9. The molecule has 6 aromatic heterocycles. The van der Waals surface area contributed by atoms with Gasteiger partial charge >= 0.3 is 29.1 Å². The molecule has 420 valence electrons. The van der Waals surface area contributed by atoms with Gasteiger partial charge < -0.3 is 76.2 Å². The van der Waals surface area contributed by atoms with Gasteiger partial charge in [0.05, 0.1) is 45.1 Å². The molecule has 15 N–H and O–H groups in total. The second kappa shape index (κ2) is 21.8. The number of H-pyrrole nitrogens is 2. The number of aromatic amines is 2. The van der Waals surface area contributed by atoms with Crippen molar-refractivity contribution in [2.75, 3.05) is 57.8 Å². The number of carbonyl (C=O) groups excluding carboxylic acids is 1. The number of aliphatic hydroxyl groups is 3. The third-order valence-corrected chi connectivity index (χ3v) is 17.1. The summed E-state index contributed by atoms with van der Waals surface area (Å²) < 4.78 is 92.6. The summed E-state index contributed by atoms with van der Waals surface area (Å²) in [6.45, 7) is -2.27. The maximum Gasteiger partial charge on any atom is 0.490 e. The topological polar surface area (TPSA) is 525 Å². The second-order valence-electron chi connectivity index (χ2n) is 17.8. The lowest BCUT2D eigenvalue weighted by molar-refractivity contribution is -0.745. The molecule has 0 aliphatic carbocycles. The van der Waals surface area contributed by atoms with Crippen molar-refractivity contribution < 1.29 is 94.4 Å². The van der Waals surface area contributed by atoms with E-state index in [0.29, 0.717) is 0 Å². The van der Waals surface area contributed by atoms with E-state index in [2.05, 4.69) is 53.8 Å². The number of anilines is 3. The van der Waals surface area contributed by atoms with Gasteiger partial charge in [0.1, 0.15) is 42.4 Å². The average Bonchev–Trinajstić information content (AvgIpc) is 4.24. The zero-order valence-electron chi connectivity index (χ0n) is 40.3. The fourth-order valence-corrected chi connectivity index (χ4v) is 13.0. The lowest BCUT2D eigenvalue weighted by Gasteiger charge is -2.24. The van der Waals surface area contributed by atoms with Crippen LogP contribution in [0.5, 0.6) is 0 Å². The van der Waals surface area contributed by atoms with Crippen molar-refractivity contribution in [3.63, 3.8) is 0 Å². The van der Waals surface area contributed by atoms with Gasteiger partial charge in [0, 0.05) is 45.6 Å². The number of methoxy groups -OCH3 is 2. The number of nitrogens with one attached hydrogen (secondary N) is 3. The van der Waals surface area contributed by atoms with Crippen molar-refractivity contribution in [3.05, 3.63) is 46.0 Å². The molecular weight excluding hydrogens is 1100 g/mol. The highest BCUT2D eigenvalue weighted by Gasteiger charge is 2.52. The van der Waals surface area contributed by atoms with Crippen LogP contribution < -0.4 is 38.2 Å². The Balaban J connectivity index is 0.859. The standard InChI is InChI=1S/C37H51N16O21P3/c1-50-13-53(30-22(50)32(59)49-37(40)47-30)33-23(55)14(4-5-66-2)17(71-33)8-68-75(60,61)73-77(64,65)74-76(62,63)69-9-18-15(26(67-3)35(72-18)51-11-44-20-27(38)42-10-43-28(20)51)6-19(54)41-7-16-24(56)25(57)34(70-16)52-12-45-21-29(52)46-36(39)48-31(21)58/h10-18,23-26,33-35,55-57H,4-9H2,1-3H3,(H11-,38,39,40,41,42,43,46,47,48,49,54,58,59,60,61,62,63,64,65)/p+1/t14-,15-,16-,17-,18?,23-,24-,25-,26-,33-,34-,35-/m1/s1. The molecule has 0 radical (unpaired) electrons. The van der Waals surface area contributed by atoms with Crippen LogP contribution in [-0.4, -0.2) is 173 Å². The van der Waals surface area contributed by atoms with E-state index in [1.54, 1.807) is 0 Å². The fraction of sp³-hybridized carbons (Fsp3) is 0.568. The van der Waals surface area contributed by atoms with Crippen molar-refractivity contribution >= 4 is 80.6 Å². The Hall–Kier alpha value is -5.79. The number of amides is 1. The highest BCUT2D eigenvalue weighted by molar-refractivity contribution is 7.66. The molecule has 9 heterocycles. The van der Waals surface area contributed by atoms with Crippen LogP contribution >= 0.6 is 23.5 Å². The summed E-state index contributed by atoms with van der Waals surface area (Å²) in [5, 5.41) is 35.8. The first-order valence-corrected chi connectivity index (χ1v) is 27.3. The predicted molar refractivity (Wildman–Crippen MR) is 253 cm³/mol. The van der Waals surface area contributed by atoms with E-state index in [1.165, 1.54) is 52.2 Å². The number of imidazole rings is 3. The molecular formula is C37H52N16O21P3+. The number of nitrogen functional groups attached to an aromatic ring is 3. The zero-order valence-corrected chi connectivity index (χ0v) is 43.0. The normalized spacial score (nSPS) is 29.1. The van der Waals surface area contributed by atoms with Crippen LogP contribution in [0.2, 0.25) is 0 Å². The summed E-state index contributed by atoms with van der Waals surface area (Å²) in [4.78, 5) is 99.7. The molecule has 3 fully saturated rings. The van der Waals surface area contributed by atoms with E-state index in [-0.39, 0.29) is 64.2 Å². The van der Waals surface area contributed by atoms with Gasteiger partial charge in [0.2, 0.25) is 23.6 Å². The molecule has 3 aliphatic heterocycles. The number of fused-ring (bicyclic) bond motifs is 3. The van der Waals surface area contributed by atoms with Crippen LogP contribution in [0.1, 0.15) is 31.5 Å². The summed E-state index contributed by atoms with van der Waals surface area (Å²) >= 11 is 0. The summed E-state index contributed by atoms with van der Waals surface area (Å²) in [6.07, 6.45) is -9.05. The van der Waals surface area contributed by atoms with Gasteiger partial charge in [0.15, 0.2) is 41.4 Å². The van der Waals surface area contributed by atoms with Crippen molar-refractivity contribution in [1.82, 2.24) is 58.9 Å². The molecule has 77 heavy (non-hydrogen) atoms. The maximum atomic E-state index is 13.7. The number of phosphoric ester groups is 2. The van der Waals surface area contributed by atoms with Crippen LogP contribution in [-0.2, 0) is 66.9 Å². The molecule has 0 spiro atoms. The first-order valence-electron chi connectivity index (χ1n) is 22.8. The molecule has 0 aromatic carbocycles. The van der Waals surface area contributed by atoms with E-state index >= 15 is 0 Å². The Kier molecular flexibility index (Phi) is 15.8. The molecule has 15 atom stereocenters. The fourth-order valence-electron chi connectivity index (χ4n) is 9.43. The minimum absolute atomic E-state index is 0.00675. The van der Waals surface area contributed by atoms with Gasteiger partial charge in [-0.3, -0.25) is 47.1 Å². The van der Waals surface area contributed by atoms with E-state index in [0.717, 1.165) is 12.7 Å². The number of rotatable bonds is 21. The monoisotopic (exact) mass is 1150 g/mol. The van der Waals surface area contributed by atoms with Crippen LogP contribution in [0.3, 0.4) is 0 Å². The molecule has 40 heteroatoms. The molecule has 0 saturated carbocycles. The molecule has 1 amide bonds. The smallest absolute Gasteiger partial charge is 0.387 e. The van der Waals surface area contributed by atoms with Crippen molar-refractivity contribution in [2.45, 2.75) is 74.3 Å². The molecule has 37 nitrogen and oxygen atoms in total. The zero-order chi connectivity index (χ0) is 55.5. The highest BCUT2D eigenvalue weighted by Crippen LogP contribution is 2.68. The number of hydrogen-bond donors (Lipinski definition) is 12. The number of phosphoric acid groups is 3. The van der Waals surface area contributed by atoms with E-state index in [4.69, 9.17) is 49.9 Å². The first-order chi connectivity index (χ1) is 36.4. The molecule has 3 aliphatic rings. The van der Waals surface area contributed by atoms with Gasteiger partial charge in [-0.15, -0.1) is 0 Å². The highest BCUT2D eigenvalue weighted by atomic mass is 31.3. The van der Waals surface area contributed by atoms with Crippen molar-refractivity contribution in [3.8, 4) is 0 Å². The van der Waals surface area contributed by atoms with Crippen LogP contribution in [0.4, 0.5) is 17.7 Å². The number of aliphatic hydroxyl groups excluding tert-OH is 3. The minimum atomic E-state index is -6.10. The molecule has 9 rings (SSSR count). The van der Waals surface area contributed by atoms with E-state index < -0.39 is 140 Å². The van der Waals surface area contributed by atoms with Gasteiger partial charge in [-0.2, -0.15) is 13.6 Å². The van der Waals surface area contributed by atoms with Crippen LogP contribution in [0.25, 0.3) is 33.5 Å². The largest absolute Gasteiger partial charge is 0.490 e. The van der Waals surface area contributed by atoms with Gasteiger partial charge in [-0.1, -0.05) is 4.98 Å². The van der Waals surface area contributed by atoms with E-state index in [9.17, 15) is 58.1 Å². The van der Waals surface area contributed by atoms with Crippen molar-refractivity contribution in [1.29, 1.82) is 0 Å². The lowest BCUT2D eigenvalue weighted by Crippen LogP contribution is -2.45. The molecule has 0 bridgehead atoms. The number of carbonyl (C=O) groups is 1. The van der Waals surface area contributed by atoms with Gasteiger partial charge in [-0.25, -0.2) is 38.2 Å². The van der Waals surface area contributed by atoms with Crippen LogP contribution in [0.15, 0.2) is 34.9 Å². The third-order valence-electron chi connectivity index (χ3n) is 12.9. The number of aromatic nitrogens is 12. The van der Waals surface area contributed by atoms with E-state index in [1.807, 2.05) is 0 Å². The molecule has 6 aromatic rings. The number of hydrogen-bond acceptors (Lipinski definition) is 27. The Labute approximate surface area is 430 Å². The Morgan fingerprint density at radius 2 is 1.40 bits per heavy atom. The van der Waals surface area contributed by atoms with Crippen LogP contribution in [0, 0.1) is 11.8 Å². The minimum Gasteiger partial charge on any atom is -0.387 e. The number of aryl methyl sites for hydroxylation is 1. The summed E-state index contributed by atoms with van der Waals surface area (Å²) in [5.74, 6) is -3.30. The summed E-state index contributed by atoms with van der Waals surface area (Å²) in [6, 6.07) is 0. The predicted octanol–water partition coefficient (Wildman–Crippen LogP) is -3.80. The number of nitrogens with zero attached hydrogens (tertiary/aromatic N) is 10. The Morgan fingerprint density at radius 3 is 2.08 bits per heavy atom. The Morgan fingerprint density at radius 1 is 0.779 bits per heavy atom. The Bertz CT molecular complexity index is 3450. The third kappa shape index (κ3) is 11.4. The number of nitrogens with two attached hydrogens (primary N) is 3. The summed E-state index contributed by atoms with van der Waals surface area (Å²) in [7, 11) is -13.5. The SMILES string of the molecule is COCC[C@H]1[C@@H](O)[C@H]([n+]2cn(C)c3c(=O)[nH]c(N)nc32)O[C@@H]1COP(=O)(O)OP(=O)(O)OP(=O)(O)OCC1O[C@@H](n2cnc3c(N)ncnc32)[C@H](OC)[C@@H]1CC(=O)NC[C@H]1O[C@@H](n2cnc3c(=O)[nH]c(N)nc32)[C@H](O)[C@@H]1O. The maximum absolute atomic E-state index is 13.7. The van der Waals surface area contributed by atoms with Gasteiger partial charge in [0.25, 0.3) is 17.1 Å². The molecule has 4 unspecified atom stereocenters. The second-order valence-corrected chi connectivity index (χ2v) is 22.4. The molecule has 3 saturated heterocycles.